The first kappa shape index (κ1) is 15.9. The Morgan fingerprint density at radius 2 is 1.84 bits per heavy atom. The highest BCUT2D eigenvalue weighted by atomic mass is 16.2. The molecule has 1 aliphatic heterocycles. The number of hydrogen-bond acceptors (Lipinski definition) is 4. The second-order valence-corrected chi connectivity index (χ2v) is 5.19. The summed E-state index contributed by atoms with van der Waals surface area (Å²) in [5.74, 6) is 0.251. The van der Waals surface area contributed by atoms with E-state index in [0.717, 1.165) is 19.5 Å². The molecule has 1 saturated heterocycles. The molecule has 1 heterocycles. The Kier molecular flexibility index (Phi) is 6.24. The molecule has 3 N–H and O–H groups in total. The van der Waals surface area contributed by atoms with Gasteiger partial charge in [0.2, 0.25) is 11.8 Å². The zero-order valence-electron chi connectivity index (χ0n) is 12.2. The van der Waals surface area contributed by atoms with Gasteiger partial charge in [-0.05, 0) is 5.92 Å². The monoisotopic (exact) mass is 270 g/mol. The van der Waals surface area contributed by atoms with E-state index < -0.39 is 6.04 Å². The Hall–Kier alpha value is -1.14. The number of piperazine rings is 1. The molecule has 110 valence electrons. The van der Waals surface area contributed by atoms with Crippen molar-refractivity contribution in [3.8, 4) is 0 Å². The maximum atomic E-state index is 12.2. The van der Waals surface area contributed by atoms with Crippen LogP contribution in [0, 0.1) is 5.92 Å². The van der Waals surface area contributed by atoms with Crippen LogP contribution in [0.15, 0.2) is 0 Å². The second kappa shape index (κ2) is 7.45. The molecular formula is C13H26N4O2. The Bertz CT molecular complexity index is 314. The van der Waals surface area contributed by atoms with E-state index in [1.54, 1.807) is 7.05 Å². The maximum absolute atomic E-state index is 12.2. The van der Waals surface area contributed by atoms with Gasteiger partial charge in [0.25, 0.3) is 0 Å². The first-order chi connectivity index (χ1) is 8.99. The van der Waals surface area contributed by atoms with E-state index in [9.17, 15) is 9.59 Å². The number of likely N-dealkylation sites (N-methyl/N-ethyl adjacent to an activating group) is 1. The summed E-state index contributed by atoms with van der Waals surface area (Å²) in [6, 6.07) is -0.407. The standard InChI is InChI=1S/C13H26N4O2/c1-4-10(2)12(14)13(19)17-7-5-16(6-8-17)9-11(18)15-3/h10,12H,4-9,14H2,1-3H3,(H,15,18). The van der Waals surface area contributed by atoms with Crippen molar-refractivity contribution in [2.24, 2.45) is 11.7 Å². The molecule has 0 aromatic carbocycles. The molecule has 0 spiro atoms. The summed E-state index contributed by atoms with van der Waals surface area (Å²) >= 11 is 0. The number of rotatable bonds is 5. The van der Waals surface area contributed by atoms with Gasteiger partial charge >= 0.3 is 0 Å². The molecule has 0 saturated carbocycles. The molecule has 1 fully saturated rings. The highest BCUT2D eigenvalue weighted by molar-refractivity contribution is 5.82. The quantitative estimate of drug-likeness (QED) is 0.689. The summed E-state index contributed by atoms with van der Waals surface area (Å²) in [4.78, 5) is 27.3. The summed E-state index contributed by atoms with van der Waals surface area (Å²) in [5.41, 5.74) is 5.97. The largest absolute Gasteiger partial charge is 0.358 e. The molecular weight excluding hydrogens is 244 g/mol. The normalized spacial score (nSPS) is 19.9. The van der Waals surface area contributed by atoms with Gasteiger partial charge in [0, 0.05) is 33.2 Å². The van der Waals surface area contributed by atoms with Gasteiger partial charge in [0.05, 0.1) is 12.6 Å². The highest BCUT2D eigenvalue weighted by Crippen LogP contribution is 2.10. The molecule has 6 heteroatoms. The zero-order valence-corrected chi connectivity index (χ0v) is 12.2. The predicted molar refractivity (Wildman–Crippen MR) is 74.5 cm³/mol. The molecule has 0 bridgehead atoms. The number of carbonyl (C=O) groups excluding carboxylic acids is 2. The van der Waals surface area contributed by atoms with E-state index >= 15 is 0 Å². The van der Waals surface area contributed by atoms with Crippen LogP contribution in [-0.2, 0) is 9.59 Å². The van der Waals surface area contributed by atoms with Gasteiger partial charge in [-0.1, -0.05) is 20.3 Å². The van der Waals surface area contributed by atoms with Crippen molar-refractivity contribution in [1.29, 1.82) is 0 Å². The second-order valence-electron chi connectivity index (χ2n) is 5.19. The molecule has 0 aliphatic carbocycles. The SMILES string of the molecule is CCC(C)C(N)C(=O)N1CCN(CC(=O)NC)CC1. The fraction of sp³-hybridized carbons (Fsp3) is 0.846. The summed E-state index contributed by atoms with van der Waals surface area (Å²) < 4.78 is 0. The topological polar surface area (TPSA) is 78.7 Å². The minimum Gasteiger partial charge on any atom is -0.358 e. The fourth-order valence-corrected chi connectivity index (χ4v) is 2.12. The van der Waals surface area contributed by atoms with E-state index in [-0.39, 0.29) is 17.7 Å². The minimum absolute atomic E-state index is 0.0103. The van der Waals surface area contributed by atoms with Crippen molar-refractivity contribution >= 4 is 11.8 Å². The van der Waals surface area contributed by atoms with Crippen LogP contribution in [-0.4, -0.2) is 67.4 Å². The summed E-state index contributed by atoms with van der Waals surface area (Å²) in [5, 5.41) is 2.61. The molecule has 1 rings (SSSR count). The van der Waals surface area contributed by atoms with E-state index in [1.807, 2.05) is 18.7 Å². The number of nitrogens with one attached hydrogen (secondary N) is 1. The third kappa shape index (κ3) is 4.47. The molecule has 6 nitrogen and oxygen atoms in total. The van der Waals surface area contributed by atoms with E-state index in [1.165, 1.54) is 0 Å². The van der Waals surface area contributed by atoms with Gasteiger partial charge < -0.3 is 16.0 Å². The first-order valence-electron chi connectivity index (χ1n) is 6.96. The smallest absolute Gasteiger partial charge is 0.239 e. The first-order valence-corrected chi connectivity index (χ1v) is 6.96. The molecule has 0 aromatic heterocycles. The molecule has 1 aliphatic rings. The molecule has 2 amide bonds. The van der Waals surface area contributed by atoms with Crippen LogP contribution in [0.1, 0.15) is 20.3 Å². The van der Waals surface area contributed by atoms with Gasteiger partial charge in [0.15, 0.2) is 0 Å². The van der Waals surface area contributed by atoms with Gasteiger partial charge in [-0.15, -0.1) is 0 Å². The van der Waals surface area contributed by atoms with Crippen LogP contribution < -0.4 is 11.1 Å². The van der Waals surface area contributed by atoms with Crippen LogP contribution in [0.2, 0.25) is 0 Å². The lowest BCUT2D eigenvalue weighted by atomic mass is 9.98. The molecule has 0 radical (unpaired) electrons. The minimum atomic E-state index is -0.407. The van der Waals surface area contributed by atoms with Crippen molar-refractivity contribution in [3.63, 3.8) is 0 Å². The lowest BCUT2D eigenvalue weighted by Crippen LogP contribution is -2.55. The van der Waals surface area contributed by atoms with Gasteiger partial charge in [-0.25, -0.2) is 0 Å². The fourth-order valence-electron chi connectivity index (χ4n) is 2.12. The van der Waals surface area contributed by atoms with E-state index in [4.69, 9.17) is 5.73 Å². The lowest BCUT2D eigenvalue weighted by Gasteiger charge is -2.36. The average Bonchev–Trinajstić information content (AvgIpc) is 2.45. The van der Waals surface area contributed by atoms with Crippen LogP contribution in [0.4, 0.5) is 0 Å². The molecule has 2 unspecified atom stereocenters. The summed E-state index contributed by atoms with van der Waals surface area (Å²) in [6.07, 6.45) is 0.906. The number of nitrogens with two attached hydrogens (primary N) is 1. The van der Waals surface area contributed by atoms with Crippen LogP contribution >= 0.6 is 0 Å². The number of nitrogens with zero attached hydrogens (tertiary/aromatic N) is 2. The van der Waals surface area contributed by atoms with Crippen molar-refractivity contribution < 1.29 is 9.59 Å². The Balaban J connectivity index is 2.41. The molecule has 0 aromatic rings. The average molecular weight is 270 g/mol. The van der Waals surface area contributed by atoms with Gasteiger partial charge in [-0.3, -0.25) is 14.5 Å². The Labute approximate surface area is 115 Å². The van der Waals surface area contributed by atoms with E-state index in [2.05, 4.69) is 10.2 Å². The van der Waals surface area contributed by atoms with E-state index in [0.29, 0.717) is 19.6 Å². The Morgan fingerprint density at radius 3 is 2.32 bits per heavy atom. The third-order valence-corrected chi connectivity index (χ3v) is 3.87. The number of amides is 2. The Morgan fingerprint density at radius 1 is 1.26 bits per heavy atom. The van der Waals surface area contributed by atoms with Crippen molar-refractivity contribution in [2.75, 3.05) is 39.8 Å². The van der Waals surface area contributed by atoms with Gasteiger partial charge in [-0.2, -0.15) is 0 Å². The summed E-state index contributed by atoms with van der Waals surface area (Å²) in [7, 11) is 1.63. The lowest BCUT2D eigenvalue weighted by molar-refractivity contribution is -0.135. The summed E-state index contributed by atoms with van der Waals surface area (Å²) in [6.45, 7) is 7.21. The predicted octanol–water partition coefficient (Wildman–Crippen LogP) is -0.750. The van der Waals surface area contributed by atoms with Crippen LogP contribution in [0.3, 0.4) is 0 Å². The van der Waals surface area contributed by atoms with Gasteiger partial charge in [0.1, 0.15) is 0 Å². The van der Waals surface area contributed by atoms with Crippen LogP contribution in [0.25, 0.3) is 0 Å². The molecule has 2 atom stereocenters. The maximum Gasteiger partial charge on any atom is 0.239 e. The van der Waals surface area contributed by atoms with Crippen molar-refractivity contribution in [3.05, 3.63) is 0 Å². The highest BCUT2D eigenvalue weighted by Gasteiger charge is 2.28. The van der Waals surface area contributed by atoms with Crippen LogP contribution in [0.5, 0.6) is 0 Å². The zero-order chi connectivity index (χ0) is 14.4. The van der Waals surface area contributed by atoms with Crippen molar-refractivity contribution in [2.45, 2.75) is 26.3 Å². The number of hydrogen-bond donors (Lipinski definition) is 2. The third-order valence-electron chi connectivity index (χ3n) is 3.87. The van der Waals surface area contributed by atoms with Crippen molar-refractivity contribution in [1.82, 2.24) is 15.1 Å². The molecule has 19 heavy (non-hydrogen) atoms. The number of carbonyl (C=O) groups is 2.